The summed E-state index contributed by atoms with van der Waals surface area (Å²) in [5, 5.41) is 3.13. The van der Waals surface area contributed by atoms with Crippen molar-refractivity contribution < 1.29 is 13.2 Å². The van der Waals surface area contributed by atoms with Gasteiger partial charge in [-0.25, -0.2) is 13.2 Å². The summed E-state index contributed by atoms with van der Waals surface area (Å²) in [7, 11) is 0. The van der Waals surface area contributed by atoms with Gasteiger partial charge in [-0.2, -0.15) is 0 Å². The molecule has 0 aromatic heterocycles. The van der Waals surface area contributed by atoms with Gasteiger partial charge in [0.2, 0.25) is 0 Å². The van der Waals surface area contributed by atoms with Crippen LogP contribution in [0.15, 0.2) is 40.9 Å². The monoisotopic (exact) mass is 357 g/mol. The maximum Gasteiger partial charge on any atom is 0.137 e. The quantitative estimate of drug-likeness (QED) is 0.825. The molecule has 0 bridgehead atoms. The van der Waals surface area contributed by atoms with Crippen molar-refractivity contribution in [1.82, 2.24) is 5.32 Å². The largest absolute Gasteiger partial charge is 0.310 e. The zero-order chi connectivity index (χ0) is 15.4. The molecule has 0 saturated heterocycles. The van der Waals surface area contributed by atoms with E-state index < -0.39 is 11.6 Å². The third kappa shape index (κ3) is 4.32. The van der Waals surface area contributed by atoms with E-state index in [4.69, 9.17) is 0 Å². The molecule has 0 radical (unpaired) electrons. The number of nitrogens with one attached hydrogen (secondary N) is 1. The van der Waals surface area contributed by atoms with Crippen LogP contribution in [-0.2, 0) is 13.0 Å². The van der Waals surface area contributed by atoms with E-state index in [1.54, 1.807) is 12.1 Å². The Balaban J connectivity index is 1.96. The van der Waals surface area contributed by atoms with Crippen molar-refractivity contribution in [2.45, 2.75) is 25.9 Å². The molecule has 1 nitrogen and oxygen atoms in total. The minimum atomic E-state index is -0.543. The molecule has 1 unspecified atom stereocenters. The van der Waals surface area contributed by atoms with E-state index in [-0.39, 0.29) is 23.8 Å². The lowest BCUT2D eigenvalue weighted by molar-refractivity contribution is 0.498. The zero-order valence-electron chi connectivity index (χ0n) is 11.5. The van der Waals surface area contributed by atoms with Crippen LogP contribution < -0.4 is 5.32 Å². The Bertz CT molecular complexity index is 611. The second kappa shape index (κ2) is 7.09. The maximum absolute atomic E-state index is 13.5. The fourth-order valence-corrected chi connectivity index (χ4v) is 2.29. The van der Waals surface area contributed by atoms with Crippen LogP contribution in [0, 0.1) is 17.5 Å². The fraction of sp³-hybridized carbons (Fsp3) is 0.250. The number of halogens is 4. The summed E-state index contributed by atoms with van der Waals surface area (Å²) in [6, 6.07) is 8.54. The highest BCUT2D eigenvalue weighted by Gasteiger charge is 2.12. The van der Waals surface area contributed by atoms with Crippen molar-refractivity contribution in [3.63, 3.8) is 0 Å². The van der Waals surface area contributed by atoms with Gasteiger partial charge in [-0.3, -0.25) is 0 Å². The van der Waals surface area contributed by atoms with Gasteiger partial charge in [0, 0.05) is 18.2 Å². The molecule has 0 amide bonds. The van der Waals surface area contributed by atoms with Crippen LogP contribution in [0.25, 0.3) is 0 Å². The lowest BCUT2D eigenvalue weighted by Gasteiger charge is -2.15. The minimum absolute atomic E-state index is 0.0690. The highest BCUT2D eigenvalue weighted by molar-refractivity contribution is 9.10. The van der Waals surface area contributed by atoms with E-state index in [9.17, 15) is 13.2 Å². The summed E-state index contributed by atoms with van der Waals surface area (Å²) in [6.45, 7) is 2.27. The molecule has 0 saturated carbocycles. The highest BCUT2D eigenvalue weighted by Crippen LogP contribution is 2.17. The van der Waals surface area contributed by atoms with Gasteiger partial charge in [0.15, 0.2) is 0 Å². The molecular formula is C16H15BrF3N. The van der Waals surface area contributed by atoms with Crippen LogP contribution in [0.5, 0.6) is 0 Å². The first-order valence-electron chi connectivity index (χ1n) is 6.57. The number of hydrogen-bond acceptors (Lipinski definition) is 1. The van der Waals surface area contributed by atoms with E-state index >= 15 is 0 Å². The minimum Gasteiger partial charge on any atom is -0.310 e. The van der Waals surface area contributed by atoms with Gasteiger partial charge in [-0.15, -0.1) is 0 Å². The van der Waals surface area contributed by atoms with Gasteiger partial charge in [0.1, 0.15) is 17.5 Å². The van der Waals surface area contributed by atoms with Crippen LogP contribution in [-0.4, -0.2) is 6.04 Å². The van der Waals surface area contributed by atoms with Crippen LogP contribution in [0.2, 0.25) is 0 Å². The van der Waals surface area contributed by atoms with E-state index in [0.29, 0.717) is 11.0 Å². The van der Waals surface area contributed by atoms with Crippen molar-refractivity contribution in [2.24, 2.45) is 0 Å². The number of hydrogen-bond donors (Lipinski definition) is 1. The molecule has 0 aliphatic heterocycles. The van der Waals surface area contributed by atoms with Crippen molar-refractivity contribution in [1.29, 1.82) is 0 Å². The topological polar surface area (TPSA) is 12.0 Å². The maximum atomic E-state index is 13.5. The second-order valence-electron chi connectivity index (χ2n) is 4.93. The van der Waals surface area contributed by atoms with Crippen molar-refractivity contribution in [2.75, 3.05) is 0 Å². The molecule has 2 aromatic rings. The Labute approximate surface area is 130 Å². The molecule has 0 aliphatic rings. The van der Waals surface area contributed by atoms with E-state index in [1.165, 1.54) is 24.3 Å². The normalized spacial score (nSPS) is 12.4. The first-order chi connectivity index (χ1) is 9.97. The lowest BCUT2D eigenvalue weighted by Crippen LogP contribution is -2.28. The van der Waals surface area contributed by atoms with Crippen LogP contribution >= 0.6 is 15.9 Å². The van der Waals surface area contributed by atoms with Crippen molar-refractivity contribution >= 4 is 15.9 Å². The van der Waals surface area contributed by atoms with Crippen LogP contribution in [0.1, 0.15) is 18.1 Å². The Morgan fingerprint density at radius 2 is 1.71 bits per heavy atom. The molecule has 0 fully saturated rings. The molecule has 0 aliphatic carbocycles. The SMILES string of the molecule is CC(Cc1c(F)cccc1F)NCc1ccc(Br)c(F)c1. The molecule has 2 aromatic carbocycles. The first-order valence-corrected chi connectivity index (χ1v) is 7.37. The summed E-state index contributed by atoms with van der Waals surface area (Å²) in [4.78, 5) is 0. The average molecular weight is 358 g/mol. The molecule has 1 N–H and O–H groups in total. The highest BCUT2D eigenvalue weighted by atomic mass is 79.9. The van der Waals surface area contributed by atoms with Crippen LogP contribution in [0.4, 0.5) is 13.2 Å². The van der Waals surface area contributed by atoms with Crippen molar-refractivity contribution in [3.8, 4) is 0 Å². The smallest absolute Gasteiger partial charge is 0.137 e. The van der Waals surface area contributed by atoms with Gasteiger partial charge in [-0.1, -0.05) is 12.1 Å². The summed E-state index contributed by atoms with van der Waals surface area (Å²) < 4.78 is 40.9. The van der Waals surface area contributed by atoms with Gasteiger partial charge < -0.3 is 5.32 Å². The summed E-state index contributed by atoms with van der Waals surface area (Å²) in [5.41, 5.74) is 0.844. The Morgan fingerprint density at radius 1 is 1.05 bits per heavy atom. The second-order valence-corrected chi connectivity index (χ2v) is 5.79. The average Bonchev–Trinajstić information content (AvgIpc) is 2.44. The molecule has 0 heterocycles. The van der Waals surface area contributed by atoms with Gasteiger partial charge in [0.25, 0.3) is 0 Å². The lowest BCUT2D eigenvalue weighted by atomic mass is 10.1. The van der Waals surface area contributed by atoms with Gasteiger partial charge >= 0.3 is 0 Å². The molecule has 112 valence electrons. The number of benzene rings is 2. The molecule has 2 rings (SSSR count). The van der Waals surface area contributed by atoms with Gasteiger partial charge in [0.05, 0.1) is 4.47 Å². The predicted molar refractivity (Wildman–Crippen MR) is 80.5 cm³/mol. The Hall–Kier alpha value is -1.33. The molecule has 0 spiro atoms. The van der Waals surface area contributed by atoms with Gasteiger partial charge in [-0.05, 0) is 59.1 Å². The first kappa shape index (κ1) is 16.0. The van der Waals surface area contributed by atoms with Crippen molar-refractivity contribution in [3.05, 3.63) is 69.4 Å². The molecule has 21 heavy (non-hydrogen) atoms. The fourth-order valence-electron chi connectivity index (χ4n) is 2.05. The molecule has 5 heteroatoms. The molecular weight excluding hydrogens is 343 g/mol. The predicted octanol–water partition coefficient (Wildman–Crippen LogP) is 4.59. The summed E-state index contributed by atoms with van der Waals surface area (Å²) >= 11 is 3.09. The Kier molecular flexibility index (Phi) is 5.42. The summed E-state index contributed by atoms with van der Waals surface area (Å²) in [5.74, 6) is -1.42. The third-order valence-corrected chi connectivity index (χ3v) is 3.85. The summed E-state index contributed by atoms with van der Waals surface area (Å²) in [6.07, 6.45) is 0.234. The van der Waals surface area contributed by atoms with E-state index in [1.807, 2.05) is 6.92 Å². The number of rotatable bonds is 5. The van der Waals surface area contributed by atoms with Crippen LogP contribution in [0.3, 0.4) is 0 Å². The van der Waals surface area contributed by atoms with E-state index in [2.05, 4.69) is 21.2 Å². The van der Waals surface area contributed by atoms with E-state index in [0.717, 1.165) is 5.56 Å². The Morgan fingerprint density at radius 3 is 2.33 bits per heavy atom. The molecule has 1 atom stereocenters. The standard InChI is InChI=1S/C16H15BrF3N/c1-10(7-12-14(18)3-2-4-15(12)19)21-9-11-5-6-13(17)16(20)8-11/h2-6,8,10,21H,7,9H2,1H3. The third-order valence-electron chi connectivity index (χ3n) is 3.21. The zero-order valence-corrected chi connectivity index (χ0v) is 13.1.